The van der Waals surface area contributed by atoms with Gasteiger partial charge >= 0.3 is 0 Å². The van der Waals surface area contributed by atoms with Crippen LogP contribution in [0.15, 0.2) is 35.6 Å². The highest BCUT2D eigenvalue weighted by Gasteiger charge is 2.18. The van der Waals surface area contributed by atoms with Crippen LogP contribution in [0.4, 0.5) is 5.82 Å². The average molecular weight is 345 g/mol. The van der Waals surface area contributed by atoms with E-state index in [0.29, 0.717) is 37.8 Å². The minimum Gasteiger partial charge on any atom is -0.377 e. The fourth-order valence-corrected chi connectivity index (χ4v) is 2.16. The molecule has 0 bridgehead atoms. The van der Waals surface area contributed by atoms with Gasteiger partial charge in [-0.3, -0.25) is 14.6 Å². The lowest BCUT2D eigenvalue weighted by molar-refractivity contribution is -0.121. The SMILES string of the molecule is CCNC(=O)CN(C)/N=C(\C=C/C=O)c1ccc(NC2COC2)nc1. The molecule has 0 atom stereocenters. The fourth-order valence-electron chi connectivity index (χ4n) is 2.16. The molecule has 0 unspecified atom stereocenters. The molecular weight excluding hydrogens is 322 g/mol. The number of likely N-dealkylation sites (N-methyl/N-ethyl adjacent to an activating group) is 2. The van der Waals surface area contributed by atoms with Crippen molar-refractivity contribution in [2.75, 3.05) is 38.7 Å². The molecule has 0 radical (unpaired) electrons. The van der Waals surface area contributed by atoms with Crippen LogP contribution in [0.5, 0.6) is 0 Å². The second-order valence-corrected chi connectivity index (χ2v) is 5.56. The molecule has 2 heterocycles. The molecule has 1 aliphatic heterocycles. The third-order valence-corrected chi connectivity index (χ3v) is 3.41. The zero-order chi connectivity index (χ0) is 18.1. The molecule has 8 heteroatoms. The number of carbonyl (C=O) groups excluding carboxylic acids is 2. The molecule has 2 rings (SSSR count). The maximum atomic E-state index is 11.6. The molecule has 1 aromatic heterocycles. The van der Waals surface area contributed by atoms with E-state index in [2.05, 4.69) is 20.7 Å². The Labute approximate surface area is 146 Å². The lowest BCUT2D eigenvalue weighted by Gasteiger charge is -2.27. The van der Waals surface area contributed by atoms with Gasteiger partial charge in [0.1, 0.15) is 18.6 Å². The van der Waals surface area contributed by atoms with Crippen LogP contribution < -0.4 is 10.6 Å². The molecular formula is C17H23N5O3. The van der Waals surface area contributed by atoms with Crippen LogP contribution in [0.3, 0.4) is 0 Å². The van der Waals surface area contributed by atoms with Crippen LogP contribution in [0.1, 0.15) is 12.5 Å². The van der Waals surface area contributed by atoms with Crippen LogP contribution >= 0.6 is 0 Å². The van der Waals surface area contributed by atoms with Gasteiger partial charge in [0.2, 0.25) is 5.91 Å². The number of nitrogens with zero attached hydrogens (tertiary/aromatic N) is 3. The van der Waals surface area contributed by atoms with Gasteiger partial charge in [0, 0.05) is 25.4 Å². The van der Waals surface area contributed by atoms with Crippen molar-refractivity contribution in [3.8, 4) is 0 Å². The van der Waals surface area contributed by atoms with E-state index in [-0.39, 0.29) is 12.5 Å². The maximum Gasteiger partial charge on any atom is 0.241 e. The van der Waals surface area contributed by atoms with E-state index in [4.69, 9.17) is 4.74 Å². The number of hydrazone groups is 1. The van der Waals surface area contributed by atoms with Gasteiger partial charge in [-0.1, -0.05) is 0 Å². The second kappa shape index (κ2) is 9.53. The molecule has 8 nitrogen and oxygen atoms in total. The van der Waals surface area contributed by atoms with E-state index in [1.807, 2.05) is 19.1 Å². The molecule has 1 aromatic rings. The lowest BCUT2D eigenvalue weighted by atomic mass is 10.1. The number of rotatable bonds is 9. The zero-order valence-electron chi connectivity index (χ0n) is 14.4. The summed E-state index contributed by atoms with van der Waals surface area (Å²) in [6.07, 6.45) is 5.30. The first-order chi connectivity index (χ1) is 12.1. The van der Waals surface area contributed by atoms with E-state index in [0.717, 1.165) is 11.4 Å². The number of allylic oxidation sites excluding steroid dienone is 2. The Morgan fingerprint density at radius 3 is 2.84 bits per heavy atom. The van der Waals surface area contributed by atoms with Crippen LogP contribution in [0.2, 0.25) is 0 Å². The first kappa shape index (κ1) is 18.6. The maximum absolute atomic E-state index is 11.6. The lowest BCUT2D eigenvalue weighted by Crippen LogP contribution is -2.40. The Hall–Kier alpha value is -2.74. The summed E-state index contributed by atoms with van der Waals surface area (Å²) in [7, 11) is 1.70. The first-order valence-electron chi connectivity index (χ1n) is 8.11. The highest BCUT2D eigenvalue weighted by atomic mass is 16.5. The third-order valence-electron chi connectivity index (χ3n) is 3.41. The van der Waals surface area contributed by atoms with Gasteiger partial charge < -0.3 is 15.4 Å². The van der Waals surface area contributed by atoms with Gasteiger partial charge in [0.05, 0.1) is 25.0 Å². The number of aldehydes is 1. The molecule has 0 aromatic carbocycles. The van der Waals surface area contributed by atoms with E-state index < -0.39 is 0 Å². The molecule has 0 spiro atoms. The molecule has 2 N–H and O–H groups in total. The quantitative estimate of drug-likeness (QED) is 0.291. The molecule has 1 fully saturated rings. The van der Waals surface area contributed by atoms with E-state index in [1.165, 1.54) is 11.1 Å². The highest BCUT2D eigenvalue weighted by Crippen LogP contribution is 2.12. The van der Waals surface area contributed by atoms with Crippen LogP contribution in [0, 0.1) is 0 Å². The molecule has 0 aliphatic carbocycles. The second-order valence-electron chi connectivity index (χ2n) is 5.56. The Morgan fingerprint density at radius 1 is 1.48 bits per heavy atom. The molecule has 1 saturated heterocycles. The van der Waals surface area contributed by atoms with Crippen LogP contribution in [0.25, 0.3) is 0 Å². The van der Waals surface area contributed by atoms with Crippen LogP contribution in [-0.2, 0) is 14.3 Å². The number of nitrogens with one attached hydrogen (secondary N) is 2. The van der Waals surface area contributed by atoms with Gasteiger partial charge in [-0.25, -0.2) is 4.98 Å². The number of ether oxygens (including phenoxy) is 1. The number of anilines is 1. The van der Waals surface area contributed by atoms with Gasteiger partial charge in [-0.2, -0.15) is 5.10 Å². The summed E-state index contributed by atoms with van der Waals surface area (Å²) in [6.45, 7) is 3.92. The van der Waals surface area contributed by atoms with E-state index in [9.17, 15) is 9.59 Å². The standard InChI is InChI=1S/C17H23N5O3/c1-3-18-17(24)10-22(2)21-15(5-4-8-23)13-6-7-16(19-9-13)20-14-11-25-12-14/h4-9,14H,3,10-12H2,1-2H3,(H,18,24)(H,19,20)/b5-4-,21-15+. The minimum atomic E-state index is -0.118. The summed E-state index contributed by atoms with van der Waals surface area (Å²) in [4.78, 5) is 26.6. The third kappa shape index (κ3) is 6.00. The Morgan fingerprint density at radius 2 is 2.28 bits per heavy atom. The Kier molecular flexibility index (Phi) is 7.09. The van der Waals surface area contributed by atoms with Gasteiger partial charge in [0.15, 0.2) is 0 Å². The Balaban J connectivity index is 2.09. The summed E-state index contributed by atoms with van der Waals surface area (Å²) in [6, 6.07) is 4.01. The summed E-state index contributed by atoms with van der Waals surface area (Å²) in [5.41, 5.74) is 1.29. The number of amides is 1. The predicted octanol–water partition coefficient (Wildman–Crippen LogP) is 0.419. The molecule has 0 saturated carbocycles. The minimum absolute atomic E-state index is 0.118. The van der Waals surface area contributed by atoms with Crippen molar-refractivity contribution in [2.24, 2.45) is 5.10 Å². The first-order valence-corrected chi connectivity index (χ1v) is 8.11. The number of carbonyl (C=O) groups is 2. The normalized spacial score (nSPS) is 14.9. The Bertz CT molecular complexity index is 638. The van der Waals surface area contributed by atoms with Gasteiger partial charge in [-0.05, 0) is 31.2 Å². The topological polar surface area (TPSA) is 95.9 Å². The molecule has 1 amide bonds. The smallest absolute Gasteiger partial charge is 0.241 e. The largest absolute Gasteiger partial charge is 0.377 e. The van der Waals surface area contributed by atoms with Crippen LogP contribution in [-0.4, -0.2) is 67.3 Å². The van der Waals surface area contributed by atoms with Crippen molar-refractivity contribution in [1.82, 2.24) is 15.3 Å². The number of pyridine rings is 1. The highest BCUT2D eigenvalue weighted by molar-refractivity contribution is 6.09. The number of hydrogen-bond acceptors (Lipinski definition) is 7. The summed E-state index contributed by atoms with van der Waals surface area (Å²) >= 11 is 0. The summed E-state index contributed by atoms with van der Waals surface area (Å²) in [5, 5.41) is 11.9. The summed E-state index contributed by atoms with van der Waals surface area (Å²) in [5.74, 6) is 0.638. The van der Waals surface area contributed by atoms with E-state index >= 15 is 0 Å². The van der Waals surface area contributed by atoms with Crippen molar-refractivity contribution in [3.05, 3.63) is 36.0 Å². The number of hydrogen-bond donors (Lipinski definition) is 2. The van der Waals surface area contributed by atoms with E-state index in [1.54, 1.807) is 19.3 Å². The van der Waals surface area contributed by atoms with Crippen molar-refractivity contribution in [1.29, 1.82) is 0 Å². The summed E-state index contributed by atoms with van der Waals surface area (Å²) < 4.78 is 5.12. The van der Waals surface area contributed by atoms with Gasteiger partial charge in [-0.15, -0.1) is 0 Å². The zero-order valence-corrected chi connectivity index (χ0v) is 14.4. The van der Waals surface area contributed by atoms with Crippen molar-refractivity contribution >= 4 is 23.7 Å². The molecule has 1 aliphatic rings. The van der Waals surface area contributed by atoms with Crippen molar-refractivity contribution in [2.45, 2.75) is 13.0 Å². The molecule has 25 heavy (non-hydrogen) atoms. The fraction of sp³-hybridized carbons (Fsp3) is 0.412. The van der Waals surface area contributed by atoms with Crippen molar-refractivity contribution < 1.29 is 14.3 Å². The number of aromatic nitrogens is 1. The van der Waals surface area contributed by atoms with Gasteiger partial charge in [0.25, 0.3) is 0 Å². The average Bonchev–Trinajstić information content (AvgIpc) is 2.55. The molecule has 134 valence electrons. The van der Waals surface area contributed by atoms with Crippen molar-refractivity contribution in [3.63, 3.8) is 0 Å². The predicted molar refractivity (Wildman–Crippen MR) is 95.5 cm³/mol. The monoisotopic (exact) mass is 345 g/mol.